The van der Waals surface area contributed by atoms with Crippen molar-refractivity contribution in [3.8, 4) is 0 Å². The van der Waals surface area contributed by atoms with Gasteiger partial charge in [-0.25, -0.2) is 8.78 Å². The molecule has 0 aliphatic rings. The predicted molar refractivity (Wildman–Crippen MR) is 103 cm³/mol. The van der Waals surface area contributed by atoms with Crippen LogP contribution in [0.5, 0.6) is 0 Å². The van der Waals surface area contributed by atoms with Gasteiger partial charge in [-0.3, -0.25) is 9.59 Å². The molecule has 2 N–H and O–H groups in total. The number of nitrogens with one attached hydrogen (secondary N) is 2. The van der Waals surface area contributed by atoms with Crippen LogP contribution in [0, 0.1) is 11.6 Å². The number of hydrogen-bond acceptors (Lipinski definition) is 2. The van der Waals surface area contributed by atoms with Crippen molar-refractivity contribution in [2.75, 3.05) is 5.32 Å². The van der Waals surface area contributed by atoms with Gasteiger partial charge < -0.3 is 10.6 Å². The van der Waals surface area contributed by atoms with E-state index in [2.05, 4.69) is 10.6 Å². The van der Waals surface area contributed by atoms with E-state index in [-0.39, 0.29) is 28.8 Å². The molecule has 2 amide bonds. The van der Waals surface area contributed by atoms with Gasteiger partial charge in [-0.1, -0.05) is 42.5 Å². The van der Waals surface area contributed by atoms with Gasteiger partial charge >= 0.3 is 0 Å². The summed E-state index contributed by atoms with van der Waals surface area (Å²) >= 11 is 0. The molecule has 3 rings (SSSR count). The van der Waals surface area contributed by atoms with E-state index < -0.39 is 17.5 Å². The number of hydrogen-bond donors (Lipinski definition) is 2. The maximum atomic E-state index is 13.8. The standard InChI is InChI=1S/C22H18F2N2O2/c1-14(15-7-3-2-4-8-15)25-22(28)18-9-5-6-10-20(18)26-21(27)17-12-11-16(23)13-19(17)24/h2-14H,1H3,(H,25,28)(H,26,27)/t14-/m0/s1. The molecule has 0 bridgehead atoms. The lowest BCUT2D eigenvalue weighted by Crippen LogP contribution is -2.28. The molecule has 28 heavy (non-hydrogen) atoms. The van der Waals surface area contributed by atoms with E-state index >= 15 is 0 Å². The Hall–Kier alpha value is -3.54. The second-order valence-electron chi connectivity index (χ2n) is 6.23. The highest BCUT2D eigenvalue weighted by Gasteiger charge is 2.18. The van der Waals surface area contributed by atoms with E-state index in [1.807, 2.05) is 37.3 Å². The molecule has 0 aliphatic heterocycles. The average molecular weight is 380 g/mol. The first-order chi connectivity index (χ1) is 13.5. The average Bonchev–Trinajstić information content (AvgIpc) is 2.68. The maximum absolute atomic E-state index is 13.8. The molecule has 0 unspecified atom stereocenters. The van der Waals surface area contributed by atoms with E-state index in [9.17, 15) is 18.4 Å². The third-order valence-electron chi connectivity index (χ3n) is 4.24. The van der Waals surface area contributed by atoms with Gasteiger partial charge in [0, 0.05) is 6.07 Å². The lowest BCUT2D eigenvalue weighted by Gasteiger charge is -2.16. The fourth-order valence-electron chi connectivity index (χ4n) is 2.75. The van der Waals surface area contributed by atoms with Crippen molar-refractivity contribution in [2.45, 2.75) is 13.0 Å². The number of para-hydroxylation sites is 1. The molecule has 6 heteroatoms. The molecule has 0 radical (unpaired) electrons. The van der Waals surface area contributed by atoms with Crippen LogP contribution in [0.3, 0.4) is 0 Å². The minimum Gasteiger partial charge on any atom is -0.345 e. The second kappa shape index (κ2) is 8.43. The summed E-state index contributed by atoms with van der Waals surface area (Å²) in [7, 11) is 0. The van der Waals surface area contributed by atoms with Gasteiger partial charge in [0.1, 0.15) is 11.6 Å². The van der Waals surface area contributed by atoms with Gasteiger partial charge in [0.2, 0.25) is 0 Å². The zero-order valence-corrected chi connectivity index (χ0v) is 15.1. The molecule has 142 valence electrons. The highest BCUT2D eigenvalue weighted by atomic mass is 19.1. The molecule has 0 heterocycles. The highest BCUT2D eigenvalue weighted by molar-refractivity contribution is 6.09. The van der Waals surface area contributed by atoms with E-state index in [0.717, 1.165) is 17.7 Å². The third kappa shape index (κ3) is 4.40. The summed E-state index contributed by atoms with van der Waals surface area (Å²) in [5, 5.41) is 5.39. The Morgan fingerprint density at radius 2 is 1.50 bits per heavy atom. The van der Waals surface area contributed by atoms with Gasteiger partial charge in [0.15, 0.2) is 0 Å². The predicted octanol–water partition coefficient (Wildman–Crippen LogP) is 4.71. The topological polar surface area (TPSA) is 58.2 Å². The van der Waals surface area contributed by atoms with Gasteiger partial charge in [-0.05, 0) is 36.8 Å². The lowest BCUT2D eigenvalue weighted by atomic mass is 10.1. The van der Waals surface area contributed by atoms with Crippen molar-refractivity contribution in [1.29, 1.82) is 0 Å². The monoisotopic (exact) mass is 380 g/mol. The molecule has 0 saturated heterocycles. The first-order valence-electron chi connectivity index (χ1n) is 8.67. The fourth-order valence-corrected chi connectivity index (χ4v) is 2.75. The zero-order chi connectivity index (χ0) is 20.1. The summed E-state index contributed by atoms with van der Waals surface area (Å²) in [5.74, 6) is -2.90. The van der Waals surface area contributed by atoms with Crippen LogP contribution in [0.15, 0.2) is 72.8 Å². The first kappa shape index (κ1) is 19.2. The Labute approximate surface area is 161 Å². The van der Waals surface area contributed by atoms with Gasteiger partial charge in [0.05, 0.1) is 22.9 Å². The molecule has 0 fully saturated rings. The van der Waals surface area contributed by atoms with Gasteiger partial charge in [-0.15, -0.1) is 0 Å². The minimum atomic E-state index is -0.975. The van der Waals surface area contributed by atoms with E-state index in [0.29, 0.717) is 6.07 Å². The molecule has 0 aliphatic carbocycles. The van der Waals surface area contributed by atoms with E-state index in [4.69, 9.17) is 0 Å². The Kier molecular flexibility index (Phi) is 5.79. The molecular weight excluding hydrogens is 362 g/mol. The quantitative estimate of drug-likeness (QED) is 0.674. The molecule has 0 spiro atoms. The van der Waals surface area contributed by atoms with Crippen molar-refractivity contribution in [2.24, 2.45) is 0 Å². The summed E-state index contributed by atoms with van der Waals surface area (Å²) in [5.41, 5.74) is 1.09. The smallest absolute Gasteiger partial charge is 0.258 e. The number of benzene rings is 3. The van der Waals surface area contributed by atoms with Gasteiger partial charge in [0.25, 0.3) is 11.8 Å². The molecule has 4 nitrogen and oxygen atoms in total. The Balaban J connectivity index is 1.79. The minimum absolute atomic E-state index is 0.231. The molecule has 0 saturated carbocycles. The summed E-state index contributed by atoms with van der Waals surface area (Å²) in [6.45, 7) is 1.85. The summed E-state index contributed by atoms with van der Waals surface area (Å²) in [6.07, 6.45) is 0. The van der Waals surface area contributed by atoms with Crippen LogP contribution in [-0.4, -0.2) is 11.8 Å². The zero-order valence-electron chi connectivity index (χ0n) is 15.1. The molecular formula is C22H18F2N2O2. The Morgan fingerprint density at radius 1 is 0.821 bits per heavy atom. The Morgan fingerprint density at radius 3 is 2.21 bits per heavy atom. The number of halogens is 2. The summed E-state index contributed by atoms with van der Waals surface area (Å²) in [4.78, 5) is 25.1. The second-order valence-corrected chi connectivity index (χ2v) is 6.23. The van der Waals surface area contributed by atoms with Crippen LogP contribution in [0.25, 0.3) is 0 Å². The van der Waals surface area contributed by atoms with Crippen molar-refractivity contribution in [1.82, 2.24) is 5.32 Å². The third-order valence-corrected chi connectivity index (χ3v) is 4.24. The molecule has 1 atom stereocenters. The number of carbonyl (C=O) groups is 2. The van der Waals surface area contributed by atoms with Gasteiger partial charge in [-0.2, -0.15) is 0 Å². The van der Waals surface area contributed by atoms with E-state index in [1.54, 1.807) is 24.3 Å². The van der Waals surface area contributed by atoms with Crippen LogP contribution in [0.4, 0.5) is 14.5 Å². The van der Waals surface area contributed by atoms with Crippen molar-refractivity contribution in [3.63, 3.8) is 0 Å². The normalized spacial score (nSPS) is 11.5. The number of rotatable bonds is 5. The number of carbonyl (C=O) groups excluding carboxylic acids is 2. The summed E-state index contributed by atoms with van der Waals surface area (Å²) < 4.78 is 26.9. The molecule has 0 aromatic heterocycles. The van der Waals surface area contributed by atoms with Crippen LogP contribution >= 0.6 is 0 Å². The van der Waals surface area contributed by atoms with Crippen LogP contribution in [-0.2, 0) is 0 Å². The first-order valence-corrected chi connectivity index (χ1v) is 8.67. The van der Waals surface area contributed by atoms with Crippen molar-refractivity contribution in [3.05, 3.63) is 101 Å². The molecule has 3 aromatic rings. The number of anilines is 1. The van der Waals surface area contributed by atoms with Crippen molar-refractivity contribution < 1.29 is 18.4 Å². The van der Waals surface area contributed by atoms with Crippen molar-refractivity contribution >= 4 is 17.5 Å². The fraction of sp³-hybridized carbons (Fsp3) is 0.0909. The van der Waals surface area contributed by atoms with Crippen LogP contribution < -0.4 is 10.6 Å². The lowest BCUT2D eigenvalue weighted by molar-refractivity contribution is 0.0940. The number of amides is 2. The molecule has 3 aromatic carbocycles. The maximum Gasteiger partial charge on any atom is 0.258 e. The Bertz CT molecular complexity index is 1010. The summed E-state index contributed by atoms with van der Waals surface area (Å²) in [6, 6.07) is 18.3. The van der Waals surface area contributed by atoms with Crippen LogP contribution in [0.1, 0.15) is 39.2 Å². The van der Waals surface area contributed by atoms with Crippen LogP contribution in [0.2, 0.25) is 0 Å². The highest BCUT2D eigenvalue weighted by Crippen LogP contribution is 2.19. The largest absolute Gasteiger partial charge is 0.345 e. The van der Waals surface area contributed by atoms with E-state index in [1.165, 1.54) is 0 Å². The SMILES string of the molecule is C[C@H](NC(=O)c1ccccc1NC(=O)c1ccc(F)cc1F)c1ccccc1.